The Labute approximate surface area is 278 Å². The summed E-state index contributed by atoms with van der Waals surface area (Å²) in [7, 11) is 12.8. The monoisotopic (exact) mass is 638 g/mol. The lowest BCUT2D eigenvalue weighted by Crippen LogP contribution is -2.33. The number of likely N-dealkylation sites (N-methyl/N-ethyl adjacent to an activating group) is 2. The Hall–Kier alpha value is -4.40. The van der Waals surface area contributed by atoms with E-state index in [1.54, 1.807) is 35.5 Å². The minimum Gasteiger partial charge on any atom is -0.493 e. The van der Waals surface area contributed by atoms with Crippen molar-refractivity contribution in [2.45, 2.75) is 37.8 Å². The normalized spacial score (nSPS) is 17.8. The lowest BCUT2D eigenvalue weighted by atomic mass is 9.88. The highest BCUT2D eigenvalue weighted by Gasteiger charge is 2.29. The van der Waals surface area contributed by atoms with Crippen LogP contribution in [0.3, 0.4) is 0 Å². The summed E-state index contributed by atoms with van der Waals surface area (Å²) in [5.74, 6) is 5.25. The molecule has 248 valence electrons. The van der Waals surface area contributed by atoms with Crippen LogP contribution in [0.4, 0.5) is 0 Å². The van der Waals surface area contributed by atoms with E-state index in [-0.39, 0.29) is 12.1 Å². The average Bonchev–Trinajstić information content (AvgIpc) is 3.10. The number of ether oxygens (including phenoxy) is 6. The van der Waals surface area contributed by atoms with Crippen molar-refractivity contribution in [1.29, 1.82) is 0 Å². The molecule has 0 amide bonds. The molecule has 0 fully saturated rings. The maximum absolute atomic E-state index is 6.46. The average molecular weight is 639 g/mol. The Balaban J connectivity index is 1.20. The van der Waals surface area contributed by atoms with Gasteiger partial charge in [0, 0.05) is 25.2 Å². The Morgan fingerprint density at radius 1 is 0.511 bits per heavy atom. The van der Waals surface area contributed by atoms with E-state index in [0.717, 1.165) is 67.5 Å². The molecule has 0 bridgehead atoms. The molecule has 8 nitrogen and oxygen atoms in total. The molecule has 2 heterocycles. The number of methoxy groups -OCH3 is 5. The van der Waals surface area contributed by atoms with Crippen LogP contribution < -0.4 is 28.4 Å². The molecule has 8 heteroatoms. The molecule has 4 aromatic carbocycles. The van der Waals surface area contributed by atoms with E-state index in [1.807, 2.05) is 18.2 Å². The number of hydrogen-bond acceptors (Lipinski definition) is 8. The van der Waals surface area contributed by atoms with Crippen LogP contribution in [-0.4, -0.2) is 72.5 Å². The summed E-state index contributed by atoms with van der Waals surface area (Å²) in [6.07, 6.45) is 3.67. The quantitative estimate of drug-likeness (QED) is 0.173. The molecule has 0 saturated heterocycles. The molecule has 2 atom stereocenters. The minimum atomic E-state index is 0.197. The Morgan fingerprint density at radius 2 is 0.957 bits per heavy atom. The van der Waals surface area contributed by atoms with Crippen molar-refractivity contribution >= 4 is 0 Å². The van der Waals surface area contributed by atoms with Crippen molar-refractivity contribution in [2.24, 2.45) is 0 Å². The van der Waals surface area contributed by atoms with Gasteiger partial charge in [0.1, 0.15) is 5.75 Å². The smallest absolute Gasteiger partial charge is 0.169 e. The molecule has 4 aromatic rings. The molecule has 2 unspecified atom stereocenters. The third kappa shape index (κ3) is 6.71. The van der Waals surface area contributed by atoms with Crippen LogP contribution in [0.2, 0.25) is 0 Å². The summed E-state index contributed by atoms with van der Waals surface area (Å²) < 4.78 is 34.6. The van der Waals surface area contributed by atoms with Crippen molar-refractivity contribution < 1.29 is 28.4 Å². The van der Waals surface area contributed by atoms with Gasteiger partial charge < -0.3 is 28.4 Å². The maximum Gasteiger partial charge on any atom is 0.169 e. The summed E-state index contributed by atoms with van der Waals surface area (Å²) in [6.45, 7) is 1.97. The summed E-state index contributed by atoms with van der Waals surface area (Å²) in [6, 6.07) is 23.6. The van der Waals surface area contributed by atoms with Gasteiger partial charge in [-0.25, -0.2) is 0 Å². The van der Waals surface area contributed by atoms with E-state index in [2.05, 4.69) is 72.4 Å². The van der Waals surface area contributed by atoms with Gasteiger partial charge in [-0.1, -0.05) is 18.2 Å². The number of fused-ring (bicyclic) bond motifs is 2. The Kier molecular flexibility index (Phi) is 9.80. The zero-order chi connectivity index (χ0) is 33.1. The Morgan fingerprint density at radius 3 is 1.45 bits per heavy atom. The second kappa shape index (κ2) is 14.2. The summed E-state index contributed by atoms with van der Waals surface area (Å²) in [5, 5.41) is 0. The fourth-order valence-electron chi connectivity index (χ4n) is 7.03. The van der Waals surface area contributed by atoms with Gasteiger partial charge in [0.05, 0.1) is 35.5 Å². The van der Waals surface area contributed by atoms with Gasteiger partial charge in [0.25, 0.3) is 0 Å². The summed E-state index contributed by atoms with van der Waals surface area (Å²) >= 11 is 0. The molecule has 0 aromatic heterocycles. The third-order valence-electron chi connectivity index (χ3n) is 9.78. The van der Waals surface area contributed by atoms with Crippen LogP contribution in [0.15, 0.2) is 66.7 Å². The van der Waals surface area contributed by atoms with Crippen LogP contribution in [0.25, 0.3) is 0 Å². The molecule has 0 aliphatic carbocycles. The molecule has 6 rings (SSSR count). The standard InChI is InChI=1S/C39H46N2O6/c1-40-16-14-27-21-35(43-4)37(45-6)23-30(27)32(40)18-25-8-11-29(12-9-25)47-39-20-26(10-13-34(39)42-3)19-33-31-24-38(46-7)36(44-5)22-28(31)15-17-41(33)2/h8-13,20-24,32-33H,14-19H2,1-7H3. The van der Waals surface area contributed by atoms with Gasteiger partial charge >= 0.3 is 0 Å². The first-order chi connectivity index (χ1) is 22.8. The largest absolute Gasteiger partial charge is 0.493 e. The zero-order valence-electron chi connectivity index (χ0n) is 28.6. The number of nitrogens with zero attached hydrogens (tertiary/aromatic N) is 2. The fraction of sp³-hybridized carbons (Fsp3) is 0.385. The van der Waals surface area contributed by atoms with Gasteiger partial charge in [-0.3, -0.25) is 9.80 Å². The van der Waals surface area contributed by atoms with Crippen molar-refractivity contribution in [3.05, 3.63) is 100 Å². The summed E-state index contributed by atoms with van der Waals surface area (Å²) in [5.41, 5.74) is 7.60. The first kappa shape index (κ1) is 32.5. The molecular weight excluding hydrogens is 592 g/mol. The first-order valence-corrected chi connectivity index (χ1v) is 16.2. The van der Waals surface area contributed by atoms with E-state index in [0.29, 0.717) is 11.5 Å². The van der Waals surface area contributed by atoms with E-state index < -0.39 is 0 Å². The number of hydrogen-bond donors (Lipinski definition) is 0. The predicted octanol–water partition coefficient (Wildman–Crippen LogP) is 7.07. The molecule has 0 radical (unpaired) electrons. The fourth-order valence-corrected chi connectivity index (χ4v) is 7.03. The van der Waals surface area contributed by atoms with Gasteiger partial charge in [0.2, 0.25) is 0 Å². The van der Waals surface area contributed by atoms with Crippen LogP contribution in [0.5, 0.6) is 40.2 Å². The summed E-state index contributed by atoms with van der Waals surface area (Å²) in [4.78, 5) is 4.83. The van der Waals surface area contributed by atoms with Crippen molar-refractivity contribution in [2.75, 3.05) is 62.7 Å². The van der Waals surface area contributed by atoms with E-state index >= 15 is 0 Å². The second-order valence-electron chi connectivity index (χ2n) is 12.4. The second-order valence-corrected chi connectivity index (χ2v) is 12.4. The van der Waals surface area contributed by atoms with E-state index in [1.165, 1.54) is 33.4 Å². The van der Waals surface area contributed by atoms with Gasteiger partial charge in [-0.05, 0) is 122 Å². The minimum absolute atomic E-state index is 0.197. The molecular formula is C39H46N2O6. The lowest BCUT2D eigenvalue weighted by molar-refractivity contribution is 0.227. The van der Waals surface area contributed by atoms with E-state index in [4.69, 9.17) is 28.4 Å². The molecule has 0 N–H and O–H groups in total. The van der Waals surface area contributed by atoms with Crippen LogP contribution >= 0.6 is 0 Å². The third-order valence-corrected chi connectivity index (χ3v) is 9.78. The Bertz CT molecular complexity index is 1710. The van der Waals surface area contributed by atoms with Crippen molar-refractivity contribution in [3.8, 4) is 40.2 Å². The lowest BCUT2D eigenvalue weighted by Gasteiger charge is -2.35. The predicted molar refractivity (Wildman–Crippen MR) is 184 cm³/mol. The molecule has 47 heavy (non-hydrogen) atoms. The first-order valence-electron chi connectivity index (χ1n) is 16.2. The molecule has 2 aliphatic heterocycles. The maximum atomic E-state index is 6.46. The number of benzene rings is 4. The molecule has 2 aliphatic rings. The van der Waals surface area contributed by atoms with Gasteiger partial charge in [0.15, 0.2) is 34.5 Å². The van der Waals surface area contributed by atoms with Crippen LogP contribution in [0, 0.1) is 0 Å². The molecule has 0 saturated carbocycles. The van der Waals surface area contributed by atoms with Gasteiger partial charge in [-0.2, -0.15) is 0 Å². The molecule has 0 spiro atoms. The zero-order valence-corrected chi connectivity index (χ0v) is 28.6. The van der Waals surface area contributed by atoms with Crippen LogP contribution in [-0.2, 0) is 25.7 Å². The SMILES string of the molecule is COc1cc2c(cc1OC)C(Cc1ccc(Oc3cc(CC4c5cc(OC)c(OC)cc5CCN4C)ccc3OC)cc1)N(C)CC2. The van der Waals surface area contributed by atoms with E-state index in [9.17, 15) is 0 Å². The topological polar surface area (TPSA) is 61.9 Å². The van der Waals surface area contributed by atoms with Crippen LogP contribution in [0.1, 0.15) is 45.5 Å². The highest BCUT2D eigenvalue weighted by molar-refractivity contribution is 5.52. The number of rotatable bonds is 11. The highest BCUT2D eigenvalue weighted by atomic mass is 16.5. The highest BCUT2D eigenvalue weighted by Crippen LogP contribution is 2.41. The van der Waals surface area contributed by atoms with Gasteiger partial charge in [-0.15, -0.1) is 0 Å². The van der Waals surface area contributed by atoms with Crippen molar-refractivity contribution in [1.82, 2.24) is 9.80 Å². The van der Waals surface area contributed by atoms with Crippen molar-refractivity contribution in [3.63, 3.8) is 0 Å².